The van der Waals surface area contributed by atoms with Crippen LogP contribution in [0.3, 0.4) is 0 Å². The molecule has 2 aromatic rings. The molecule has 0 heterocycles. The van der Waals surface area contributed by atoms with Crippen LogP contribution in [0.15, 0.2) is 48.5 Å². The summed E-state index contributed by atoms with van der Waals surface area (Å²) >= 11 is 0. The topological polar surface area (TPSA) is 58.6 Å². The van der Waals surface area contributed by atoms with Gasteiger partial charge in [0.25, 0.3) is 0 Å². The molecule has 20 heavy (non-hydrogen) atoms. The Balaban J connectivity index is 2.08. The number of esters is 1. The van der Waals surface area contributed by atoms with E-state index in [1.54, 1.807) is 24.3 Å². The molecule has 0 amide bonds. The number of benzene rings is 2. The summed E-state index contributed by atoms with van der Waals surface area (Å²) in [7, 11) is 1.36. The summed E-state index contributed by atoms with van der Waals surface area (Å²) in [6.07, 6.45) is 0. The molecule has 0 fully saturated rings. The van der Waals surface area contributed by atoms with Crippen LogP contribution in [0.2, 0.25) is 0 Å². The number of nitrogens with one attached hydrogen (secondary N) is 1. The van der Waals surface area contributed by atoms with Crippen LogP contribution < -0.4 is 5.32 Å². The Hall–Kier alpha value is -2.49. The number of anilines is 1. The number of hydrogen-bond donors (Lipinski definition) is 2. The lowest BCUT2D eigenvalue weighted by molar-refractivity contribution is 0.0601. The van der Waals surface area contributed by atoms with Crippen molar-refractivity contribution >= 4 is 11.7 Å². The molecule has 104 valence electrons. The first-order valence-corrected chi connectivity index (χ1v) is 6.34. The molecular formula is C16H17NO3. The maximum absolute atomic E-state index is 11.3. The van der Waals surface area contributed by atoms with Crippen molar-refractivity contribution in [2.45, 2.75) is 13.0 Å². The third-order valence-corrected chi connectivity index (χ3v) is 3.06. The van der Waals surface area contributed by atoms with Gasteiger partial charge in [0.1, 0.15) is 5.75 Å². The largest absolute Gasteiger partial charge is 0.508 e. The van der Waals surface area contributed by atoms with E-state index in [4.69, 9.17) is 0 Å². The molecule has 0 saturated carbocycles. The van der Waals surface area contributed by atoms with Gasteiger partial charge < -0.3 is 15.2 Å². The lowest BCUT2D eigenvalue weighted by Crippen LogP contribution is -2.07. The van der Waals surface area contributed by atoms with Crippen LogP contribution in [0.4, 0.5) is 5.69 Å². The van der Waals surface area contributed by atoms with Crippen molar-refractivity contribution in [3.05, 3.63) is 59.7 Å². The fraction of sp³-hybridized carbons (Fsp3) is 0.188. The molecule has 0 saturated heterocycles. The predicted molar refractivity (Wildman–Crippen MR) is 77.9 cm³/mol. The maximum atomic E-state index is 11.3. The molecule has 4 nitrogen and oxygen atoms in total. The number of carbonyl (C=O) groups is 1. The van der Waals surface area contributed by atoms with Gasteiger partial charge in [-0.1, -0.05) is 12.1 Å². The van der Waals surface area contributed by atoms with E-state index in [0.717, 1.165) is 11.3 Å². The first-order chi connectivity index (χ1) is 9.60. The van der Waals surface area contributed by atoms with E-state index in [1.165, 1.54) is 7.11 Å². The first kappa shape index (κ1) is 13.9. The van der Waals surface area contributed by atoms with E-state index in [9.17, 15) is 9.90 Å². The van der Waals surface area contributed by atoms with Crippen LogP contribution in [0.5, 0.6) is 5.75 Å². The summed E-state index contributed by atoms with van der Waals surface area (Å²) in [5.41, 5.74) is 2.40. The third kappa shape index (κ3) is 3.29. The summed E-state index contributed by atoms with van der Waals surface area (Å²) in [6.45, 7) is 2.00. The van der Waals surface area contributed by atoms with Crippen molar-refractivity contribution in [2.24, 2.45) is 0 Å². The van der Waals surface area contributed by atoms with Crippen LogP contribution >= 0.6 is 0 Å². The molecule has 0 aliphatic carbocycles. The van der Waals surface area contributed by atoms with Crippen molar-refractivity contribution in [3.8, 4) is 5.75 Å². The highest BCUT2D eigenvalue weighted by Crippen LogP contribution is 2.22. The average Bonchev–Trinajstić information content (AvgIpc) is 2.47. The Morgan fingerprint density at radius 2 is 1.90 bits per heavy atom. The van der Waals surface area contributed by atoms with Crippen molar-refractivity contribution in [1.29, 1.82) is 0 Å². The Morgan fingerprint density at radius 3 is 2.50 bits per heavy atom. The Morgan fingerprint density at radius 1 is 1.20 bits per heavy atom. The van der Waals surface area contributed by atoms with Crippen LogP contribution in [0.25, 0.3) is 0 Å². The number of phenols is 1. The average molecular weight is 271 g/mol. The van der Waals surface area contributed by atoms with Gasteiger partial charge in [0, 0.05) is 11.7 Å². The van der Waals surface area contributed by atoms with Crippen LogP contribution in [-0.4, -0.2) is 18.2 Å². The van der Waals surface area contributed by atoms with Gasteiger partial charge in [-0.05, 0) is 48.9 Å². The number of phenolic OH excluding ortho intramolecular Hbond substituents is 1. The molecule has 2 rings (SSSR count). The van der Waals surface area contributed by atoms with E-state index < -0.39 is 0 Å². The Labute approximate surface area is 118 Å². The lowest BCUT2D eigenvalue weighted by Gasteiger charge is -2.16. The zero-order valence-electron chi connectivity index (χ0n) is 11.5. The summed E-state index contributed by atoms with van der Waals surface area (Å²) in [5, 5.41) is 12.8. The molecule has 1 unspecified atom stereocenters. The minimum Gasteiger partial charge on any atom is -0.508 e. The second kappa shape index (κ2) is 6.10. The van der Waals surface area contributed by atoms with Gasteiger partial charge >= 0.3 is 5.97 Å². The second-order valence-corrected chi connectivity index (χ2v) is 4.53. The summed E-state index contributed by atoms with van der Waals surface area (Å²) < 4.78 is 4.65. The summed E-state index contributed by atoms with van der Waals surface area (Å²) in [4.78, 5) is 11.3. The van der Waals surface area contributed by atoms with E-state index in [1.807, 2.05) is 31.2 Å². The lowest BCUT2D eigenvalue weighted by atomic mass is 10.1. The van der Waals surface area contributed by atoms with Gasteiger partial charge in [0.2, 0.25) is 0 Å². The van der Waals surface area contributed by atoms with Gasteiger partial charge in [-0.3, -0.25) is 0 Å². The van der Waals surface area contributed by atoms with E-state index in [0.29, 0.717) is 5.56 Å². The molecule has 0 aromatic heterocycles. The summed E-state index contributed by atoms with van der Waals surface area (Å²) in [6, 6.07) is 14.2. The van der Waals surface area contributed by atoms with Gasteiger partial charge in [0.05, 0.1) is 12.7 Å². The number of hydrogen-bond acceptors (Lipinski definition) is 4. The number of ether oxygens (including phenoxy) is 1. The molecule has 0 bridgehead atoms. The fourth-order valence-electron chi connectivity index (χ4n) is 1.95. The van der Waals surface area contributed by atoms with Gasteiger partial charge in [-0.25, -0.2) is 4.79 Å². The zero-order valence-corrected chi connectivity index (χ0v) is 11.5. The molecular weight excluding hydrogens is 254 g/mol. The van der Waals surface area contributed by atoms with E-state index >= 15 is 0 Å². The van der Waals surface area contributed by atoms with E-state index in [2.05, 4.69) is 10.1 Å². The zero-order chi connectivity index (χ0) is 14.5. The van der Waals surface area contributed by atoms with Gasteiger partial charge in [-0.2, -0.15) is 0 Å². The molecule has 2 aromatic carbocycles. The quantitative estimate of drug-likeness (QED) is 0.837. The maximum Gasteiger partial charge on any atom is 0.337 e. The highest BCUT2D eigenvalue weighted by atomic mass is 16.5. The molecule has 0 spiro atoms. The van der Waals surface area contributed by atoms with Crippen LogP contribution in [0.1, 0.15) is 28.9 Å². The predicted octanol–water partition coefficient (Wildman–Crippen LogP) is 3.35. The molecule has 0 aliphatic heterocycles. The first-order valence-electron chi connectivity index (χ1n) is 6.34. The van der Waals surface area contributed by atoms with Crippen molar-refractivity contribution in [1.82, 2.24) is 0 Å². The van der Waals surface area contributed by atoms with Gasteiger partial charge in [-0.15, -0.1) is 0 Å². The van der Waals surface area contributed by atoms with Crippen molar-refractivity contribution < 1.29 is 14.6 Å². The highest BCUT2D eigenvalue weighted by molar-refractivity contribution is 5.89. The second-order valence-electron chi connectivity index (χ2n) is 4.53. The minimum absolute atomic E-state index is 0.0473. The third-order valence-electron chi connectivity index (χ3n) is 3.06. The number of aromatic hydroxyl groups is 1. The highest BCUT2D eigenvalue weighted by Gasteiger charge is 2.08. The normalized spacial score (nSPS) is 11.7. The minimum atomic E-state index is -0.349. The van der Waals surface area contributed by atoms with Crippen molar-refractivity contribution in [3.63, 3.8) is 0 Å². The standard InChI is InChI=1S/C16H17NO3/c1-11(13-4-3-5-15(18)10-13)17-14-8-6-12(7-9-14)16(19)20-2/h3-11,17-18H,1-2H3. The smallest absolute Gasteiger partial charge is 0.337 e. The van der Waals surface area contributed by atoms with Gasteiger partial charge in [0.15, 0.2) is 0 Å². The summed E-state index contributed by atoms with van der Waals surface area (Å²) in [5.74, 6) is -0.102. The SMILES string of the molecule is COC(=O)c1ccc(NC(C)c2cccc(O)c2)cc1. The monoisotopic (exact) mass is 271 g/mol. The molecule has 4 heteroatoms. The molecule has 1 atom stereocenters. The number of rotatable bonds is 4. The number of methoxy groups -OCH3 is 1. The molecule has 2 N–H and O–H groups in total. The van der Waals surface area contributed by atoms with E-state index in [-0.39, 0.29) is 17.8 Å². The van der Waals surface area contributed by atoms with Crippen LogP contribution in [0, 0.1) is 0 Å². The van der Waals surface area contributed by atoms with Crippen molar-refractivity contribution in [2.75, 3.05) is 12.4 Å². The molecule has 0 radical (unpaired) electrons. The Bertz CT molecular complexity index is 593. The fourth-order valence-corrected chi connectivity index (χ4v) is 1.95. The number of carbonyl (C=O) groups excluding carboxylic acids is 1. The van der Waals surface area contributed by atoms with Crippen LogP contribution in [-0.2, 0) is 4.74 Å². The molecule has 0 aliphatic rings. The Kier molecular flexibility index (Phi) is 4.25.